The van der Waals surface area contributed by atoms with E-state index in [2.05, 4.69) is 37.9 Å². The van der Waals surface area contributed by atoms with Gasteiger partial charge in [0.2, 0.25) is 0 Å². The van der Waals surface area contributed by atoms with Crippen LogP contribution in [0.1, 0.15) is 66.2 Å². The van der Waals surface area contributed by atoms with Gasteiger partial charge in [-0.25, -0.2) is 0 Å². The van der Waals surface area contributed by atoms with Crippen LogP contribution in [0.3, 0.4) is 0 Å². The normalized spacial score (nSPS) is 33.3. The zero-order chi connectivity index (χ0) is 14.6. The first-order chi connectivity index (χ1) is 9.49. The molecular weight excluding hydrogens is 244 g/mol. The summed E-state index contributed by atoms with van der Waals surface area (Å²) in [5, 5.41) is 3.87. The van der Waals surface area contributed by atoms with E-state index in [0.717, 1.165) is 17.9 Å². The number of hydrogen-bond donors (Lipinski definition) is 1. The topological polar surface area (TPSA) is 15.3 Å². The molecule has 1 aliphatic heterocycles. The smallest absolute Gasteiger partial charge is 0.0195 e. The molecule has 1 atom stereocenters. The molecule has 0 bridgehead atoms. The summed E-state index contributed by atoms with van der Waals surface area (Å²) < 4.78 is 0. The van der Waals surface area contributed by atoms with Gasteiger partial charge in [-0.15, -0.1) is 0 Å². The lowest BCUT2D eigenvalue weighted by Crippen LogP contribution is -2.47. The summed E-state index contributed by atoms with van der Waals surface area (Å²) >= 11 is 0. The molecule has 1 unspecified atom stereocenters. The molecule has 1 aliphatic carbocycles. The minimum absolute atomic E-state index is 0.517. The number of hydrogen-bond acceptors (Lipinski definition) is 2. The highest BCUT2D eigenvalue weighted by Gasteiger charge is 2.30. The highest BCUT2D eigenvalue weighted by Crippen LogP contribution is 2.39. The van der Waals surface area contributed by atoms with Gasteiger partial charge in [0.25, 0.3) is 0 Å². The van der Waals surface area contributed by atoms with Crippen LogP contribution >= 0.6 is 0 Å². The quantitative estimate of drug-likeness (QED) is 0.840. The van der Waals surface area contributed by atoms with E-state index in [1.807, 2.05) is 0 Å². The Balaban J connectivity index is 1.66. The Kier molecular flexibility index (Phi) is 5.92. The minimum Gasteiger partial charge on any atom is -0.312 e. The maximum absolute atomic E-state index is 3.87. The van der Waals surface area contributed by atoms with Gasteiger partial charge in [0.1, 0.15) is 0 Å². The van der Waals surface area contributed by atoms with Crippen molar-refractivity contribution < 1.29 is 0 Å². The molecule has 118 valence electrons. The maximum Gasteiger partial charge on any atom is 0.0195 e. The summed E-state index contributed by atoms with van der Waals surface area (Å²) in [7, 11) is 0. The van der Waals surface area contributed by atoms with E-state index in [4.69, 9.17) is 0 Å². The zero-order valence-electron chi connectivity index (χ0n) is 14.3. The lowest BCUT2D eigenvalue weighted by Gasteiger charge is -2.38. The van der Waals surface area contributed by atoms with Crippen molar-refractivity contribution >= 4 is 0 Å². The van der Waals surface area contributed by atoms with E-state index in [1.165, 1.54) is 64.7 Å². The van der Waals surface area contributed by atoms with Gasteiger partial charge >= 0.3 is 0 Å². The average Bonchev–Trinajstić information content (AvgIpc) is 2.45. The standard InChI is InChI=1S/C18H36N2/c1-5-20-12-6-7-17(14-20)19-13-15-8-10-16(11-9-15)18(2,3)4/h15-17,19H,5-14H2,1-4H3. The second kappa shape index (κ2) is 7.26. The van der Waals surface area contributed by atoms with Crippen molar-refractivity contribution in [3.8, 4) is 0 Å². The third kappa shape index (κ3) is 4.73. The van der Waals surface area contributed by atoms with Crippen LogP contribution in [0.4, 0.5) is 0 Å². The van der Waals surface area contributed by atoms with Crippen LogP contribution in [0.5, 0.6) is 0 Å². The fourth-order valence-electron chi connectivity index (χ4n) is 4.08. The van der Waals surface area contributed by atoms with Gasteiger partial charge in [-0.3, -0.25) is 0 Å². The molecule has 1 saturated heterocycles. The SMILES string of the molecule is CCN1CCCC(NCC2CCC(C(C)(C)C)CC2)C1. The van der Waals surface area contributed by atoms with Crippen molar-refractivity contribution in [3.63, 3.8) is 0 Å². The van der Waals surface area contributed by atoms with Crippen molar-refractivity contribution in [2.45, 2.75) is 72.3 Å². The number of likely N-dealkylation sites (tertiary alicyclic amines) is 1. The summed E-state index contributed by atoms with van der Waals surface area (Å²) in [5.41, 5.74) is 0.517. The molecule has 0 radical (unpaired) electrons. The maximum atomic E-state index is 3.87. The molecule has 2 fully saturated rings. The third-order valence-corrected chi connectivity index (χ3v) is 5.72. The van der Waals surface area contributed by atoms with Crippen molar-refractivity contribution in [1.29, 1.82) is 0 Å². The molecule has 2 aliphatic rings. The Hall–Kier alpha value is -0.0800. The van der Waals surface area contributed by atoms with E-state index in [0.29, 0.717) is 5.41 Å². The Bertz CT molecular complexity index is 274. The Morgan fingerprint density at radius 3 is 2.35 bits per heavy atom. The molecule has 0 aromatic heterocycles. The van der Waals surface area contributed by atoms with E-state index < -0.39 is 0 Å². The predicted octanol–water partition coefficient (Wildman–Crippen LogP) is 3.91. The van der Waals surface area contributed by atoms with E-state index in [-0.39, 0.29) is 0 Å². The molecule has 20 heavy (non-hydrogen) atoms. The van der Waals surface area contributed by atoms with Crippen LogP contribution in [0.25, 0.3) is 0 Å². The van der Waals surface area contributed by atoms with Crippen molar-refractivity contribution in [2.75, 3.05) is 26.2 Å². The molecular formula is C18H36N2. The lowest BCUT2D eigenvalue weighted by atomic mass is 9.70. The Labute approximate surface area is 126 Å². The van der Waals surface area contributed by atoms with Gasteiger partial charge in [0.15, 0.2) is 0 Å². The number of nitrogens with zero attached hydrogens (tertiary/aromatic N) is 1. The summed E-state index contributed by atoms with van der Waals surface area (Å²) in [6, 6.07) is 0.754. The lowest BCUT2D eigenvalue weighted by molar-refractivity contribution is 0.141. The number of rotatable bonds is 4. The zero-order valence-corrected chi connectivity index (χ0v) is 14.3. The van der Waals surface area contributed by atoms with E-state index in [9.17, 15) is 0 Å². The molecule has 0 aromatic carbocycles. The highest BCUT2D eigenvalue weighted by molar-refractivity contribution is 4.83. The fourth-order valence-corrected chi connectivity index (χ4v) is 4.08. The van der Waals surface area contributed by atoms with Crippen molar-refractivity contribution in [1.82, 2.24) is 10.2 Å². The second-order valence-electron chi connectivity index (χ2n) is 8.22. The highest BCUT2D eigenvalue weighted by atomic mass is 15.2. The van der Waals surface area contributed by atoms with Crippen LogP contribution in [0, 0.1) is 17.3 Å². The van der Waals surface area contributed by atoms with E-state index in [1.54, 1.807) is 0 Å². The molecule has 2 nitrogen and oxygen atoms in total. The molecule has 2 rings (SSSR count). The molecule has 0 aromatic rings. The van der Waals surface area contributed by atoms with Gasteiger partial charge < -0.3 is 10.2 Å². The first-order valence-corrected chi connectivity index (χ1v) is 8.94. The van der Waals surface area contributed by atoms with E-state index >= 15 is 0 Å². The molecule has 1 saturated carbocycles. The summed E-state index contributed by atoms with van der Waals surface area (Å²) in [6.45, 7) is 14.6. The fraction of sp³-hybridized carbons (Fsp3) is 1.00. The first kappa shape index (κ1) is 16.3. The molecule has 1 heterocycles. The summed E-state index contributed by atoms with van der Waals surface area (Å²) in [6.07, 6.45) is 8.54. The third-order valence-electron chi connectivity index (χ3n) is 5.72. The van der Waals surface area contributed by atoms with Crippen molar-refractivity contribution in [3.05, 3.63) is 0 Å². The Morgan fingerprint density at radius 1 is 1.05 bits per heavy atom. The van der Waals surface area contributed by atoms with Crippen LogP contribution in [-0.4, -0.2) is 37.1 Å². The minimum atomic E-state index is 0.517. The number of piperidine rings is 1. The van der Waals surface area contributed by atoms with Crippen molar-refractivity contribution in [2.24, 2.45) is 17.3 Å². The molecule has 0 spiro atoms. The molecule has 1 N–H and O–H groups in total. The van der Waals surface area contributed by atoms with Crippen LogP contribution in [0.2, 0.25) is 0 Å². The monoisotopic (exact) mass is 280 g/mol. The largest absolute Gasteiger partial charge is 0.312 e. The first-order valence-electron chi connectivity index (χ1n) is 8.94. The second-order valence-corrected chi connectivity index (χ2v) is 8.22. The van der Waals surface area contributed by atoms with Crippen LogP contribution < -0.4 is 5.32 Å². The number of likely N-dealkylation sites (N-methyl/N-ethyl adjacent to an activating group) is 1. The average molecular weight is 281 g/mol. The molecule has 2 heteroatoms. The van der Waals surface area contributed by atoms with Gasteiger partial charge in [-0.2, -0.15) is 0 Å². The summed E-state index contributed by atoms with van der Waals surface area (Å²) in [5.74, 6) is 1.88. The summed E-state index contributed by atoms with van der Waals surface area (Å²) in [4.78, 5) is 2.59. The van der Waals surface area contributed by atoms with Crippen LogP contribution in [0.15, 0.2) is 0 Å². The molecule has 0 amide bonds. The number of nitrogens with one attached hydrogen (secondary N) is 1. The predicted molar refractivity (Wildman–Crippen MR) is 88.0 cm³/mol. The van der Waals surface area contributed by atoms with Gasteiger partial charge in [-0.05, 0) is 75.4 Å². The Morgan fingerprint density at radius 2 is 1.75 bits per heavy atom. The van der Waals surface area contributed by atoms with Gasteiger partial charge in [0, 0.05) is 12.6 Å². The van der Waals surface area contributed by atoms with Gasteiger partial charge in [0.05, 0.1) is 0 Å². The van der Waals surface area contributed by atoms with Crippen LogP contribution in [-0.2, 0) is 0 Å². The van der Waals surface area contributed by atoms with Gasteiger partial charge in [-0.1, -0.05) is 27.7 Å².